The Morgan fingerprint density at radius 3 is 2.60 bits per heavy atom. The van der Waals surface area contributed by atoms with E-state index in [4.69, 9.17) is 27.9 Å². The molecular weight excluding hydrogens is 300 g/mol. The highest BCUT2D eigenvalue weighted by molar-refractivity contribution is 6.43. The van der Waals surface area contributed by atoms with Crippen molar-refractivity contribution in [3.8, 4) is 5.75 Å². The molecule has 1 N–H and O–H groups in total. The lowest BCUT2D eigenvalue weighted by Crippen LogP contribution is -2.07. The highest BCUT2D eigenvalue weighted by atomic mass is 35.5. The Balaban J connectivity index is 2.21. The minimum absolute atomic E-state index is 0.119. The van der Waals surface area contributed by atoms with Gasteiger partial charge in [0, 0.05) is 6.04 Å². The molecule has 2 aromatic rings. The summed E-state index contributed by atoms with van der Waals surface area (Å²) >= 11 is 12.1. The van der Waals surface area contributed by atoms with Crippen LogP contribution in [0.2, 0.25) is 10.0 Å². The van der Waals surface area contributed by atoms with Gasteiger partial charge < -0.3 is 10.1 Å². The molecule has 0 aliphatic carbocycles. The van der Waals surface area contributed by atoms with Crippen LogP contribution < -0.4 is 10.1 Å². The van der Waals surface area contributed by atoms with Crippen molar-refractivity contribution < 1.29 is 9.13 Å². The SMILES string of the molecule is COc1ccc(C(C)Nc2cccc(Cl)c2Cl)cc1F. The second-order valence-electron chi connectivity index (χ2n) is 4.36. The molecule has 0 saturated heterocycles. The van der Waals surface area contributed by atoms with Crippen molar-refractivity contribution in [3.05, 3.63) is 57.8 Å². The molecule has 0 radical (unpaired) electrons. The van der Waals surface area contributed by atoms with Crippen LogP contribution in [0.15, 0.2) is 36.4 Å². The summed E-state index contributed by atoms with van der Waals surface area (Å²) < 4.78 is 18.6. The van der Waals surface area contributed by atoms with Gasteiger partial charge in [0.1, 0.15) is 0 Å². The highest BCUT2D eigenvalue weighted by Crippen LogP contribution is 2.32. The van der Waals surface area contributed by atoms with Crippen molar-refractivity contribution in [2.75, 3.05) is 12.4 Å². The van der Waals surface area contributed by atoms with Crippen molar-refractivity contribution in [3.63, 3.8) is 0 Å². The minimum Gasteiger partial charge on any atom is -0.494 e. The summed E-state index contributed by atoms with van der Waals surface area (Å²) in [5, 5.41) is 4.14. The number of halogens is 3. The Morgan fingerprint density at radius 1 is 1.20 bits per heavy atom. The molecule has 0 spiro atoms. The van der Waals surface area contributed by atoms with Gasteiger partial charge in [-0.05, 0) is 36.8 Å². The van der Waals surface area contributed by atoms with E-state index < -0.39 is 5.82 Å². The first-order valence-electron chi connectivity index (χ1n) is 6.07. The zero-order valence-electron chi connectivity index (χ0n) is 11.1. The smallest absolute Gasteiger partial charge is 0.165 e. The van der Waals surface area contributed by atoms with Crippen LogP contribution in [0.5, 0.6) is 5.75 Å². The number of hydrogen-bond donors (Lipinski definition) is 1. The molecular formula is C15H14Cl2FNO. The molecule has 0 fully saturated rings. The summed E-state index contributed by atoms with van der Waals surface area (Å²) in [6.45, 7) is 1.92. The van der Waals surface area contributed by atoms with Gasteiger partial charge in [-0.3, -0.25) is 0 Å². The second-order valence-corrected chi connectivity index (χ2v) is 5.15. The molecule has 1 atom stereocenters. The molecule has 0 aliphatic heterocycles. The van der Waals surface area contributed by atoms with Gasteiger partial charge in [0.2, 0.25) is 0 Å². The van der Waals surface area contributed by atoms with Gasteiger partial charge >= 0.3 is 0 Å². The van der Waals surface area contributed by atoms with Crippen molar-refractivity contribution in [2.45, 2.75) is 13.0 Å². The number of rotatable bonds is 4. The lowest BCUT2D eigenvalue weighted by atomic mass is 10.1. The molecule has 106 valence electrons. The second kappa shape index (κ2) is 6.33. The first kappa shape index (κ1) is 14.9. The van der Waals surface area contributed by atoms with Crippen LogP contribution >= 0.6 is 23.2 Å². The van der Waals surface area contributed by atoms with Crippen LogP contribution in [0.25, 0.3) is 0 Å². The summed E-state index contributed by atoms with van der Waals surface area (Å²) in [6.07, 6.45) is 0. The maximum atomic E-state index is 13.7. The quantitative estimate of drug-likeness (QED) is 0.825. The van der Waals surface area contributed by atoms with Crippen LogP contribution in [0.4, 0.5) is 10.1 Å². The average molecular weight is 314 g/mol. The van der Waals surface area contributed by atoms with E-state index in [1.54, 1.807) is 24.3 Å². The lowest BCUT2D eigenvalue weighted by molar-refractivity contribution is 0.386. The fraction of sp³-hybridized carbons (Fsp3) is 0.200. The van der Waals surface area contributed by atoms with Gasteiger partial charge in [0.15, 0.2) is 11.6 Å². The van der Waals surface area contributed by atoms with E-state index in [9.17, 15) is 4.39 Å². The Hall–Kier alpha value is -1.45. The van der Waals surface area contributed by atoms with Gasteiger partial charge in [0.25, 0.3) is 0 Å². The summed E-state index contributed by atoms with van der Waals surface area (Å²) in [5.41, 5.74) is 1.50. The summed E-state index contributed by atoms with van der Waals surface area (Å²) in [6, 6.07) is 10.1. The fourth-order valence-corrected chi connectivity index (χ4v) is 2.24. The summed E-state index contributed by atoms with van der Waals surface area (Å²) in [5.74, 6) is -0.169. The van der Waals surface area contributed by atoms with E-state index in [0.717, 1.165) is 5.56 Å². The van der Waals surface area contributed by atoms with Gasteiger partial charge in [-0.2, -0.15) is 0 Å². The number of nitrogens with one attached hydrogen (secondary N) is 1. The van der Waals surface area contributed by atoms with Crippen molar-refractivity contribution in [1.82, 2.24) is 0 Å². The number of methoxy groups -OCH3 is 1. The number of benzene rings is 2. The third-order valence-corrected chi connectivity index (χ3v) is 3.82. The average Bonchev–Trinajstić information content (AvgIpc) is 2.43. The van der Waals surface area contributed by atoms with Crippen LogP contribution in [0, 0.1) is 5.82 Å². The third-order valence-electron chi connectivity index (χ3n) is 3.00. The van der Waals surface area contributed by atoms with E-state index in [2.05, 4.69) is 5.32 Å². The maximum Gasteiger partial charge on any atom is 0.165 e. The van der Waals surface area contributed by atoms with Crippen LogP contribution in [-0.4, -0.2) is 7.11 Å². The number of anilines is 1. The lowest BCUT2D eigenvalue weighted by Gasteiger charge is -2.17. The molecule has 0 heterocycles. The van der Waals surface area contributed by atoms with Gasteiger partial charge in [-0.1, -0.05) is 35.3 Å². The standard InChI is InChI=1S/C15H14Cl2FNO/c1-9(10-6-7-14(20-2)12(18)8-10)19-13-5-3-4-11(16)15(13)17/h3-9,19H,1-2H3. The van der Waals surface area contributed by atoms with Crippen LogP contribution in [-0.2, 0) is 0 Å². The molecule has 0 saturated carbocycles. The van der Waals surface area contributed by atoms with E-state index in [1.807, 2.05) is 13.0 Å². The molecule has 20 heavy (non-hydrogen) atoms. The Kier molecular flexibility index (Phi) is 4.73. The third kappa shape index (κ3) is 3.17. The molecule has 0 bridgehead atoms. The molecule has 0 aliphatic rings. The molecule has 5 heteroatoms. The zero-order chi connectivity index (χ0) is 14.7. The predicted molar refractivity (Wildman–Crippen MR) is 81.5 cm³/mol. The first-order valence-corrected chi connectivity index (χ1v) is 6.82. The van der Waals surface area contributed by atoms with Crippen LogP contribution in [0.1, 0.15) is 18.5 Å². The number of hydrogen-bond acceptors (Lipinski definition) is 2. The molecule has 1 unspecified atom stereocenters. The van der Waals surface area contributed by atoms with Gasteiger partial charge in [0.05, 0.1) is 22.8 Å². The van der Waals surface area contributed by atoms with Crippen molar-refractivity contribution >= 4 is 28.9 Å². The van der Waals surface area contributed by atoms with Crippen molar-refractivity contribution in [2.24, 2.45) is 0 Å². The molecule has 0 aromatic heterocycles. The van der Waals surface area contributed by atoms with E-state index >= 15 is 0 Å². The topological polar surface area (TPSA) is 21.3 Å². The normalized spacial score (nSPS) is 12.1. The Labute approximate surface area is 127 Å². The van der Waals surface area contributed by atoms with Crippen molar-refractivity contribution in [1.29, 1.82) is 0 Å². The monoisotopic (exact) mass is 313 g/mol. The minimum atomic E-state index is -0.393. The largest absolute Gasteiger partial charge is 0.494 e. The zero-order valence-corrected chi connectivity index (χ0v) is 12.6. The Bertz CT molecular complexity index is 619. The van der Waals surface area contributed by atoms with E-state index in [-0.39, 0.29) is 11.8 Å². The number of ether oxygens (including phenoxy) is 1. The van der Waals surface area contributed by atoms with Crippen LogP contribution in [0.3, 0.4) is 0 Å². The molecule has 0 amide bonds. The fourth-order valence-electron chi connectivity index (χ4n) is 1.88. The predicted octanol–water partition coefficient (Wildman–Crippen LogP) is 5.31. The summed E-state index contributed by atoms with van der Waals surface area (Å²) in [7, 11) is 1.44. The molecule has 2 rings (SSSR count). The maximum absolute atomic E-state index is 13.7. The first-order chi connectivity index (χ1) is 9.52. The summed E-state index contributed by atoms with van der Waals surface area (Å²) in [4.78, 5) is 0. The van der Waals surface area contributed by atoms with E-state index in [1.165, 1.54) is 13.2 Å². The highest BCUT2D eigenvalue weighted by Gasteiger charge is 2.12. The Morgan fingerprint density at radius 2 is 1.95 bits per heavy atom. The van der Waals surface area contributed by atoms with Gasteiger partial charge in [-0.15, -0.1) is 0 Å². The van der Waals surface area contributed by atoms with E-state index in [0.29, 0.717) is 15.7 Å². The molecule has 2 aromatic carbocycles. The molecule has 2 nitrogen and oxygen atoms in total. The van der Waals surface area contributed by atoms with Gasteiger partial charge in [-0.25, -0.2) is 4.39 Å².